The number of thiophene rings is 1. The SMILES string of the molecule is CS(=O)(=O)NCC(c1ccccc1)S(=O)(=O)c1cccs1. The van der Waals surface area contributed by atoms with Crippen LogP contribution in [0.3, 0.4) is 0 Å². The van der Waals surface area contributed by atoms with Crippen LogP contribution >= 0.6 is 11.3 Å². The Kier molecular flexibility index (Phi) is 4.82. The average Bonchev–Trinajstić information content (AvgIpc) is 2.93. The Bertz CT molecular complexity index is 781. The molecule has 1 N–H and O–H groups in total. The third-order valence-electron chi connectivity index (χ3n) is 2.85. The van der Waals surface area contributed by atoms with Gasteiger partial charge in [0.15, 0.2) is 9.84 Å². The Morgan fingerprint density at radius 1 is 1.05 bits per heavy atom. The molecule has 1 atom stereocenters. The molecule has 0 fully saturated rings. The first kappa shape index (κ1) is 16.2. The van der Waals surface area contributed by atoms with Gasteiger partial charge in [-0.25, -0.2) is 21.6 Å². The van der Waals surface area contributed by atoms with Gasteiger partial charge in [0.2, 0.25) is 10.0 Å². The van der Waals surface area contributed by atoms with Gasteiger partial charge in [0, 0.05) is 6.54 Å². The number of sulfone groups is 1. The Hall–Kier alpha value is -1.22. The van der Waals surface area contributed by atoms with Crippen molar-refractivity contribution >= 4 is 31.2 Å². The predicted octanol–water partition coefficient (Wildman–Crippen LogP) is 1.81. The molecule has 2 rings (SSSR count). The third kappa shape index (κ3) is 4.13. The molecule has 0 saturated carbocycles. The van der Waals surface area contributed by atoms with Gasteiger partial charge in [-0.3, -0.25) is 0 Å². The van der Waals surface area contributed by atoms with Crippen LogP contribution in [0.4, 0.5) is 0 Å². The molecule has 21 heavy (non-hydrogen) atoms. The van der Waals surface area contributed by atoms with Gasteiger partial charge in [0.25, 0.3) is 0 Å². The lowest BCUT2D eigenvalue weighted by molar-refractivity contribution is 0.573. The van der Waals surface area contributed by atoms with E-state index in [9.17, 15) is 16.8 Å². The maximum atomic E-state index is 12.7. The summed E-state index contributed by atoms with van der Waals surface area (Å²) in [6.45, 7) is -0.191. The van der Waals surface area contributed by atoms with E-state index in [0.717, 1.165) is 17.6 Å². The van der Waals surface area contributed by atoms with Crippen LogP contribution in [0.1, 0.15) is 10.8 Å². The summed E-state index contributed by atoms with van der Waals surface area (Å²) in [4.78, 5) is 0. The van der Waals surface area contributed by atoms with Crippen molar-refractivity contribution in [1.82, 2.24) is 4.72 Å². The molecule has 1 aromatic carbocycles. The summed E-state index contributed by atoms with van der Waals surface area (Å²) in [6, 6.07) is 11.8. The van der Waals surface area contributed by atoms with Crippen molar-refractivity contribution in [2.45, 2.75) is 9.46 Å². The Balaban J connectivity index is 2.42. The first-order valence-electron chi connectivity index (χ1n) is 6.08. The lowest BCUT2D eigenvalue weighted by Crippen LogP contribution is -2.30. The first-order chi connectivity index (χ1) is 9.81. The van der Waals surface area contributed by atoms with E-state index in [2.05, 4.69) is 4.72 Å². The summed E-state index contributed by atoms with van der Waals surface area (Å²) >= 11 is 1.12. The van der Waals surface area contributed by atoms with E-state index in [1.807, 2.05) is 0 Å². The maximum absolute atomic E-state index is 12.7. The van der Waals surface area contributed by atoms with Crippen LogP contribution in [0.2, 0.25) is 0 Å². The second-order valence-corrected chi connectivity index (χ2v) is 9.64. The lowest BCUT2D eigenvalue weighted by atomic mass is 10.1. The van der Waals surface area contributed by atoms with Crippen molar-refractivity contribution in [3.05, 3.63) is 53.4 Å². The Morgan fingerprint density at radius 2 is 1.71 bits per heavy atom. The molecule has 1 unspecified atom stereocenters. The molecule has 0 aliphatic heterocycles. The molecule has 0 saturated heterocycles. The molecule has 0 amide bonds. The van der Waals surface area contributed by atoms with Gasteiger partial charge in [-0.05, 0) is 17.0 Å². The normalized spacial score (nSPS) is 14.0. The summed E-state index contributed by atoms with van der Waals surface area (Å²) in [5.41, 5.74) is 0.557. The Labute approximate surface area is 128 Å². The molecule has 0 radical (unpaired) electrons. The zero-order chi connectivity index (χ0) is 15.5. The van der Waals surface area contributed by atoms with Crippen LogP contribution in [-0.2, 0) is 19.9 Å². The van der Waals surface area contributed by atoms with E-state index in [1.54, 1.807) is 41.8 Å². The van der Waals surface area contributed by atoms with Gasteiger partial charge in [-0.2, -0.15) is 0 Å². The molecule has 5 nitrogen and oxygen atoms in total. The van der Waals surface area contributed by atoms with Crippen LogP contribution in [0.25, 0.3) is 0 Å². The highest BCUT2D eigenvalue weighted by atomic mass is 32.2. The van der Waals surface area contributed by atoms with Gasteiger partial charge in [-0.15, -0.1) is 11.3 Å². The van der Waals surface area contributed by atoms with Crippen molar-refractivity contribution in [3.8, 4) is 0 Å². The number of hydrogen-bond acceptors (Lipinski definition) is 5. The number of nitrogens with one attached hydrogen (secondary N) is 1. The summed E-state index contributed by atoms with van der Waals surface area (Å²) in [6.07, 6.45) is 1.01. The highest BCUT2D eigenvalue weighted by Gasteiger charge is 2.30. The summed E-state index contributed by atoms with van der Waals surface area (Å²) in [7, 11) is -7.11. The van der Waals surface area contributed by atoms with Crippen molar-refractivity contribution in [2.75, 3.05) is 12.8 Å². The van der Waals surface area contributed by atoms with Gasteiger partial charge in [0.1, 0.15) is 9.46 Å². The van der Waals surface area contributed by atoms with Gasteiger partial charge in [-0.1, -0.05) is 36.4 Å². The molecule has 1 heterocycles. The summed E-state index contributed by atoms with van der Waals surface area (Å²) in [5.74, 6) is 0. The predicted molar refractivity (Wildman–Crippen MR) is 83.5 cm³/mol. The largest absolute Gasteiger partial charge is 0.222 e. The molecular formula is C13H15NO4S3. The van der Waals surface area contributed by atoms with Crippen LogP contribution in [0.15, 0.2) is 52.1 Å². The lowest BCUT2D eigenvalue weighted by Gasteiger charge is -2.17. The second kappa shape index (κ2) is 6.27. The summed E-state index contributed by atoms with van der Waals surface area (Å²) < 4.78 is 50.4. The fourth-order valence-electron chi connectivity index (χ4n) is 1.87. The highest BCUT2D eigenvalue weighted by Crippen LogP contribution is 2.31. The molecule has 0 aliphatic rings. The molecule has 1 aromatic heterocycles. The smallest absolute Gasteiger partial charge is 0.208 e. The van der Waals surface area contributed by atoms with Crippen LogP contribution < -0.4 is 4.72 Å². The standard InChI is InChI=1S/C13H15NO4S3/c1-20(15,16)14-10-12(11-6-3-2-4-7-11)21(17,18)13-8-5-9-19-13/h2-9,12,14H,10H2,1H3. The number of benzene rings is 1. The molecule has 0 bridgehead atoms. The van der Waals surface area contributed by atoms with Crippen molar-refractivity contribution < 1.29 is 16.8 Å². The minimum atomic E-state index is -3.64. The molecular weight excluding hydrogens is 330 g/mol. The van der Waals surface area contributed by atoms with E-state index < -0.39 is 25.1 Å². The summed E-state index contributed by atoms with van der Waals surface area (Å²) in [5, 5.41) is 0.728. The maximum Gasteiger partial charge on any atom is 0.208 e. The topological polar surface area (TPSA) is 80.3 Å². The van der Waals surface area contributed by atoms with Gasteiger partial charge < -0.3 is 0 Å². The van der Waals surface area contributed by atoms with Crippen molar-refractivity contribution in [3.63, 3.8) is 0 Å². The Morgan fingerprint density at radius 3 is 2.24 bits per heavy atom. The van der Waals surface area contributed by atoms with E-state index in [-0.39, 0.29) is 10.8 Å². The minimum Gasteiger partial charge on any atom is -0.222 e. The number of sulfonamides is 1. The highest BCUT2D eigenvalue weighted by molar-refractivity contribution is 7.93. The van der Waals surface area contributed by atoms with E-state index in [1.165, 1.54) is 6.07 Å². The molecule has 0 spiro atoms. The molecule has 8 heteroatoms. The second-order valence-electron chi connectivity index (χ2n) is 4.50. The first-order valence-corrected chi connectivity index (χ1v) is 10.4. The minimum absolute atomic E-state index is 0.191. The van der Waals surface area contributed by atoms with Crippen LogP contribution in [0.5, 0.6) is 0 Å². The zero-order valence-corrected chi connectivity index (χ0v) is 13.7. The fourth-order valence-corrected chi connectivity index (χ4v) is 5.31. The third-order valence-corrected chi connectivity index (χ3v) is 7.08. The van der Waals surface area contributed by atoms with E-state index in [0.29, 0.717) is 5.56 Å². The van der Waals surface area contributed by atoms with E-state index in [4.69, 9.17) is 0 Å². The van der Waals surface area contributed by atoms with Crippen molar-refractivity contribution in [1.29, 1.82) is 0 Å². The quantitative estimate of drug-likeness (QED) is 0.866. The molecule has 114 valence electrons. The van der Waals surface area contributed by atoms with Crippen LogP contribution in [0, 0.1) is 0 Å². The fraction of sp³-hybridized carbons (Fsp3) is 0.231. The molecule has 2 aromatic rings. The van der Waals surface area contributed by atoms with Gasteiger partial charge in [0.05, 0.1) is 6.26 Å². The molecule has 0 aliphatic carbocycles. The average molecular weight is 345 g/mol. The van der Waals surface area contributed by atoms with Crippen LogP contribution in [-0.4, -0.2) is 29.6 Å². The monoisotopic (exact) mass is 345 g/mol. The van der Waals surface area contributed by atoms with Crippen molar-refractivity contribution in [2.24, 2.45) is 0 Å². The zero-order valence-electron chi connectivity index (χ0n) is 11.3. The van der Waals surface area contributed by atoms with E-state index >= 15 is 0 Å². The number of rotatable bonds is 6. The van der Waals surface area contributed by atoms with Gasteiger partial charge >= 0.3 is 0 Å². The number of hydrogen-bond donors (Lipinski definition) is 1.